The average Bonchev–Trinajstić information content (AvgIpc) is 2.39. The van der Waals surface area contributed by atoms with E-state index in [9.17, 15) is 0 Å². The topological polar surface area (TPSA) is 35.8 Å². The molecule has 0 aliphatic carbocycles. The Morgan fingerprint density at radius 3 is 2.50 bits per heavy atom. The SMILES string of the molecule is COc1ccc(OC)c(N2CC[N]CC2)c1. The fraction of sp³-hybridized carbons (Fsp3) is 0.500. The number of piperazine rings is 1. The van der Waals surface area contributed by atoms with E-state index in [1.165, 1.54) is 0 Å². The zero-order valence-electron chi connectivity index (χ0n) is 9.77. The van der Waals surface area contributed by atoms with Gasteiger partial charge in [0.05, 0.1) is 19.9 Å². The number of methoxy groups -OCH3 is 2. The third-order valence-electron chi connectivity index (χ3n) is 2.78. The average molecular weight is 221 g/mol. The van der Waals surface area contributed by atoms with Crippen molar-refractivity contribution in [2.24, 2.45) is 0 Å². The third-order valence-corrected chi connectivity index (χ3v) is 2.78. The normalized spacial score (nSPS) is 16.0. The van der Waals surface area contributed by atoms with Crippen LogP contribution in [-0.2, 0) is 0 Å². The number of benzene rings is 1. The fourth-order valence-electron chi connectivity index (χ4n) is 1.89. The molecule has 0 unspecified atom stereocenters. The maximum atomic E-state index is 5.37. The number of ether oxygens (including phenoxy) is 2. The van der Waals surface area contributed by atoms with Gasteiger partial charge in [0.25, 0.3) is 0 Å². The Labute approximate surface area is 96.2 Å². The summed E-state index contributed by atoms with van der Waals surface area (Å²) in [4.78, 5) is 2.29. The number of rotatable bonds is 3. The van der Waals surface area contributed by atoms with Crippen molar-refractivity contribution in [1.82, 2.24) is 5.32 Å². The molecule has 0 spiro atoms. The molecule has 16 heavy (non-hydrogen) atoms. The first-order valence-electron chi connectivity index (χ1n) is 5.45. The molecule has 0 amide bonds. The van der Waals surface area contributed by atoms with Gasteiger partial charge in [-0.3, -0.25) is 0 Å². The van der Waals surface area contributed by atoms with E-state index in [0.29, 0.717) is 0 Å². The molecule has 4 heteroatoms. The molecule has 1 heterocycles. The van der Waals surface area contributed by atoms with Gasteiger partial charge in [-0.25, -0.2) is 5.32 Å². The summed E-state index contributed by atoms with van der Waals surface area (Å²) in [6.07, 6.45) is 0. The van der Waals surface area contributed by atoms with Crippen LogP contribution >= 0.6 is 0 Å². The van der Waals surface area contributed by atoms with Crippen molar-refractivity contribution in [2.45, 2.75) is 0 Å². The van der Waals surface area contributed by atoms with Crippen LogP contribution < -0.4 is 19.7 Å². The largest absolute Gasteiger partial charge is 0.497 e. The molecule has 1 aliphatic rings. The fourth-order valence-corrected chi connectivity index (χ4v) is 1.89. The highest BCUT2D eigenvalue weighted by Gasteiger charge is 2.15. The molecule has 4 nitrogen and oxygen atoms in total. The van der Waals surface area contributed by atoms with E-state index >= 15 is 0 Å². The molecular weight excluding hydrogens is 204 g/mol. The summed E-state index contributed by atoms with van der Waals surface area (Å²) in [5, 5.41) is 4.34. The Balaban J connectivity index is 2.27. The molecule has 0 aromatic heterocycles. The zero-order chi connectivity index (χ0) is 11.4. The van der Waals surface area contributed by atoms with Gasteiger partial charge >= 0.3 is 0 Å². The molecule has 0 saturated carbocycles. The van der Waals surface area contributed by atoms with Gasteiger partial charge in [-0.2, -0.15) is 0 Å². The molecule has 1 fully saturated rings. The summed E-state index contributed by atoms with van der Waals surface area (Å²) in [6.45, 7) is 3.67. The lowest BCUT2D eigenvalue weighted by Gasteiger charge is -2.30. The highest BCUT2D eigenvalue weighted by Crippen LogP contribution is 2.32. The van der Waals surface area contributed by atoms with Crippen LogP contribution in [0, 0.1) is 0 Å². The quantitative estimate of drug-likeness (QED) is 0.767. The number of nitrogens with zero attached hydrogens (tertiary/aromatic N) is 2. The van der Waals surface area contributed by atoms with E-state index in [-0.39, 0.29) is 0 Å². The summed E-state index contributed by atoms with van der Waals surface area (Å²) in [6, 6.07) is 5.88. The van der Waals surface area contributed by atoms with E-state index in [2.05, 4.69) is 10.2 Å². The molecule has 1 aromatic rings. The van der Waals surface area contributed by atoms with Crippen LogP contribution in [0.5, 0.6) is 11.5 Å². The Hall–Kier alpha value is -1.42. The first-order valence-corrected chi connectivity index (χ1v) is 5.45. The Bertz CT molecular complexity index is 349. The van der Waals surface area contributed by atoms with E-state index < -0.39 is 0 Å². The van der Waals surface area contributed by atoms with Crippen molar-refractivity contribution < 1.29 is 9.47 Å². The van der Waals surface area contributed by atoms with Crippen molar-refractivity contribution >= 4 is 5.69 Å². The lowest BCUT2D eigenvalue weighted by atomic mass is 10.2. The minimum atomic E-state index is 0.860. The van der Waals surface area contributed by atoms with Gasteiger partial charge in [0, 0.05) is 32.2 Å². The van der Waals surface area contributed by atoms with Gasteiger partial charge in [-0.05, 0) is 12.1 Å². The second-order valence-electron chi connectivity index (χ2n) is 3.70. The highest BCUT2D eigenvalue weighted by atomic mass is 16.5. The predicted octanol–water partition coefficient (Wildman–Crippen LogP) is 1.13. The summed E-state index contributed by atoms with van der Waals surface area (Å²) in [5.74, 6) is 1.75. The molecular formula is C12H17N2O2. The summed E-state index contributed by atoms with van der Waals surface area (Å²) in [7, 11) is 3.37. The van der Waals surface area contributed by atoms with Crippen molar-refractivity contribution in [2.75, 3.05) is 45.3 Å². The van der Waals surface area contributed by atoms with Gasteiger partial charge in [0.15, 0.2) is 0 Å². The monoisotopic (exact) mass is 221 g/mol. The van der Waals surface area contributed by atoms with Gasteiger partial charge in [0.1, 0.15) is 11.5 Å². The van der Waals surface area contributed by atoms with Crippen LogP contribution in [0.25, 0.3) is 0 Å². The predicted molar refractivity (Wildman–Crippen MR) is 63.6 cm³/mol. The number of anilines is 1. The first-order chi connectivity index (χ1) is 7.85. The number of hydrogen-bond donors (Lipinski definition) is 0. The van der Waals surface area contributed by atoms with Crippen LogP contribution in [-0.4, -0.2) is 40.4 Å². The molecule has 1 aliphatic heterocycles. The zero-order valence-corrected chi connectivity index (χ0v) is 9.77. The van der Waals surface area contributed by atoms with Gasteiger partial charge < -0.3 is 14.4 Å². The van der Waals surface area contributed by atoms with Gasteiger partial charge in [-0.15, -0.1) is 0 Å². The molecule has 0 N–H and O–H groups in total. The van der Waals surface area contributed by atoms with E-state index in [0.717, 1.165) is 43.4 Å². The summed E-state index contributed by atoms with van der Waals surface area (Å²) >= 11 is 0. The van der Waals surface area contributed by atoms with Crippen LogP contribution in [0.1, 0.15) is 0 Å². The van der Waals surface area contributed by atoms with E-state index in [1.807, 2.05) is 18.2 Å². The van der Waals surface area contributed by atoms with Crippen molar-refractivity contribution in [3.63, 3.8) is 0 Å². The maximum absolute atomic E-state index is 5.37. The number of hydrogen-bond acceptors (Lipinski definition) is 3. The molecule has 87 valence electrons. The summed E-state index contributed by atoms with van der Waals surface area (Å²) < 4.78 is 10.6. The molecule has 1 radical (unpaired) electrons. The molecule has 0 atom stereocenters. The van der Waals surface area contributed by atoms with Crippen LogP contribution in [0.3, 0.4) is 0 Å². The van der Waals surface area contributed by atoms with Crippen molar-refractivity contribution in [3.8, 4) is 11.5 Å². The van der Waals surface area contributed by atoms with E-state index in [4.69, 9.17) is 9.47 Å². The first kappa shape index (κ1) is 11.1. The van der Waals surface area contributed by atoms with Crippen LogP contribution in [0.2, 0.25) is 0 Å². The van der Waals surface area contributed by atoms with Crippen LogP contribution in [0.15, 0.2) is 18.2 Å². The second-order valence-corrected chi connectivity index (χ2v) is 3.70. The molecule has 1 saturated heterocycles. The van der Waals surface area contributed by atoms with Crippen LogP contribution in [0.4, 0.5) is 5.69 Å². The van der Waals surface area contributed by atoms with Gasteiger partial charge in [-0.1, -0.05) is 0 Å². The van der Waals surface area contributed by atoms with Crippen molar-refractivity contribution in [3.05, 3.63) is 18.2 Å². The Morgan fingerprint density at radius 1 is 1.12 bits per heavy atom. The lowest BCUT2D eigenvalue weighted by Crippen LogP contribution is -2.40. The molecule has 1 aromatic carbocycles. The molecule has 2 rings (SSSR count). The van der Waals surface area contributed by atoms with E-state index in [1.54, 1.807) is 14.2 Å². The minimum Gasteiger partial charge on any atom is -0.497 e. The highest BCUT2D eigenvalue weighted by molar-refractivity contribution is 5.61. The Kier molecular flexibility index (Phi) is 3.51. The maximum Gasteiger partial charge on any atom is 0.142 e. The van der Waals surface area contributed by atoms with Crippen molar-refractivity contribution in [1.29, 1.82) is 0 Å². The lowest BCUT2D eigenvalue weighted by molar-refractivity contribution is 0.401. The second kappa shape index (κ2) is 5.07. The standard InChI is InChI=1S/C12H17N2O2/c1-15-10-3-4-12(16-2)11(9-10)14-7-5-13-6-8-14/h3-4,9H,5-8H2,1-2H3. The third kappa shape index (κ3) is 2.22. The van der Waals surface area contributed by atoms with Gasteiger partial charge in [0.2, 0.25) is 0 Å². The summed E-state index contributed by atoms with van der Waals surface area (Å²) in [5.41, 5.74) is 1.09. The molecule has 0 bridgehead atoms. The minimum absolute atomic E-state index is 0.860. The Morgan fingerprint density at radius 2 is 1.88 bits per heavy atom. The smallest absolute Gasteiger partial charge is 0.142 e.